The minimum absolute atomic E-state index is 0.152. The molecule has 1 aliphatic carbocycles. The van der Waals surface area contributed by atoms with Gasteiger partial charge in [-0.05, 0) is 31.9 Å². The summed E-state index contributed by atoms with van der Waals surface area (Å²) in [6, 6.07) is 9.84. The second kappa shape index (κ2) is 5.75. The van der Waals surface area contributed by atoms with Crippen LogP contribution in [0.25, 0.3) is 0 Å². The molecular formula is C16H18N2OS. The van der Waals surface area contributed by atoms with Gasteiger partial charge in [-0.1, -0.05) is 31.0 Å². The van der Waals surface area contributed by atoms with Crippen molar-refractivity contribution in [1.82, 2.24) is 4.98 Å². The number of carbonyl (C=O) groups is 1. The maximum Gasteiger partial charge on any atom is 0.236 e. The Morgan fingerprint density at radius 3 is 2.55 bits per heavy atom. The molecule has 0 saturated heterocycles. The molecule has 0 radical (unpaired) electrons. The fraction of sp³-hybridized carbons (Fsp3) is 0.375. The van der Waals surface area contributed by atoms with E-state index in [0.29, 0.717) is 0 Å². The minimum Gasteiger partial charge on any atom is -0.274 e. The molecule has 0 aliphatic heterocycles. The van der Waals surface area contributed by atoms with Crippen LogP contribution in [0.2, 0.25) is 0 Å². The number of rotatable bonds is 3. The molecule has 1 heterocycles. The summed E-state index contributed by atoms with van der Waals surface area (Å²) < 4.78 is 0. The lowest BCUT2D eigenvalue weighted by Crippen LogP contribution is -2.31. The van der Waals surface area contributed by atoms with Crippen molar-refractivity contribution in [1.29, 1.82) is 0 Å². The highest BCUT2D eigenvalue weighted by Gasteiger charge is 2.30. The quantitative estimate of drug-likeness (QED) is 0.842. The molecule has 0 unspecified atom stereocenters. The van der Waals surface area contributed by atoms with Crippen molar-refractivity contribution in [2.45, 2.75) is 32.6 Å². The van der Waals surface area contributed by atoms with E-state index in [-0.39, 0.29) is 11.8 Å². The van der Waals surface area contributed by atoms with Crippen LogP contribution in [0.1, 0.15) is 31.4 Å². The number of thiazole rings is 1. The molecule has 1 saturated carbocycles. The highest BCUT2D eigenvalue weighted by molar-refractivity contribution is 7.14. The first-order valence-corrected chi connectivity index (χ1v) is 7.95. The smallest absolute Gasteiger partial charge is 0.236 e. The van der Waals surface area contributed by atoms with E-state index < -0.39 is 0 Å². The lowest BCUT2D eigenvalue weighted by atomic mass is 10.1. The van der Waals surface area contributed by atoms with E-state index >= 15 is 0 Å². The van der Waals surface area contributed by atoms with Gasteiger partial charge in [0, 0.05) is 11.3 Å². The first kappa shape index (κ1) is 13.3. The van der Waals surface area contributed by atoms with Crippen molar-refractivity contribution in [3.63, 3.8) is 0 Å². The number of hydrogen-bond acceptors (Lipinski definition) is 3. The fourth-order valence-corrected chi connectivity index (χ4v) is 3.53. The molecule has 4 heteroatoms. The van der Waals surface area contributed by atoms with Gasteiger partial charge in [-0.2, -0.15) is 0 Å². The third-order valence-corrected chi connectivity index (χ3v) is 4.68. The Kier molecular flexibility index (Phi) is 3.83. The van der Waals surface area contributed by atoms with E-state index in [1.165, 1.54) is 11.3 Å². The monoisotopic (exact) mass is 286 g/mol. The molecule has 1 fully saturated rings. The average molecular weight is 286 g/mol. The van der Waals surface area contributed by atoms with Crippen molar-refractivity contribution < 1.29 is 4.79 Å². The number of carbonyl (C=O) groups excluding carboxylic acids is 1. The van der Waals surface area contributed by atoms with Gasteiger partial charge in [0.2, 0.25) is 5.91 Å². The lowest BCUT2D eigenvalue weighted by molar-refractivity contribution is -0.121. The predicted molar refractivity (Wildman–Crippen MR) is 82.4 cm³/mol. The van der Waals surface area contributed by atoms with Crippen molar-refractivity contribution in [2.24, 2.45) is 5.92 Å². The molecular weight excluding hydrogens is 268 g/mol. The van der Waals surface area contributed by atoms with Gasteiger partial charge in [0.05, 0.1) is 11.4 Å². The topological polar surface area (TPSA) is 33.2 Å². The second-order valence-corrected chi connectivity index (χ2v) is 6.10. The molecule has 1 aliphatic rings. The largest absolute Gasteiger partial charge is 0.274 e. The van der Waals surface area contributed by atoms with Crippen LogP contribution >= 0.6 is 11.3 Å². The van der Waals surface area contributed by atoms with Gasteiger partial charge in [0.15, 0.2) is 5.13 Å². The Hall–Kier alpha value is -1.68. The predicted octanol–water partition coefficient (Wildman–Crippen LogP) is 4.31. The van der Waals surface area contributed by atoms with Gasteiger partial charge >= 0.3 is 0 Å². The van der Waals surface area contributed by atoms with Gasteiger partial charge in [-0.3, -0.25) is 9.69 Å². The van der Waals surface area contributed by atoms with Crippen LogP contribution in [0.5, 0.6) is 0 Å². The number of hydrogen-bond donors (Lipinski definition) is 0. The Morgan fingerprint density at radius 2 is 1.95 bits per heavy atom. The molecule has 0 N–H and O–H groups in total. The third-order valence-electron chi connectivity index (χ3n) is 3.74. The molecule has 1 aromatic carbocycles. The van der Waals surface area contributed by atoms with Crippen LogP contribution in [0.3, 0.4) is 0 Å². The third kappa shape index (κ3) is 2.61. The summed E-state index contributed by atoms with van der Waals surface area (Å²) in [5, 5.41) is 2.78. The number of para-hydroxylation sites is 1. The number of amides is 1. The summed E-state index contributed by atoms with van der Waals surface area (Å²) >= 11 is 1.53. The molecule has 104 valence electrons. The Balaban J connectivity index is 1.97. The summed E-state index contributed by atoms with van der Waals surface area (Å²) in [6.45, 7) is 1.96. The summed E-state index contributed by atoms with van der Waals surface area (Å²) in [5.74, 6) is 0.350. The van der Waals surface area contributed by atoms with Gasteiger partial charge < -0.3 is 0 Å². The van der Waals surface area contributed by atoms with E-state index in [2.05, 4.69) is 4.98 Å². The summed E-state index contributed by atoms with van der Waals surface area (Å²) in [4.78, 5) is 19.2. The van der Waals surface area contributed by atoms with E-state index in [1.807, 2.05) is 42.6 Å². The number of aryl methyl sites for hydroxylation is 1. The zero-order valence-corrected chi connectivity index (χ0v) is 12.4. The average Bonchev–Trinajstić information content (AvgIpc) is 3.12. The van der Waals surface area contributed by atoms with Gasteiger partial charge in [0.1, 0.15) is 0 Å². The van der Waals surface area contributed by atoms with Crippen LogP contribution < -0.4 is 4.90 Å². The van der Waals surface area contributed by atoms with Gasteiger partial charge in [0.25, 0.3) is 0 Å². The maximum atomic E-state index is 12.8. The SMILES string of the molecule is Cc1csc(N(C(=O)C2CCCC2)c2ccccc2)n1. The maximum absolute atomic E-state index is 12.8. The lowest BCUT2D eigenvalue weighted by Gasteiger charge is -2.23. The van der Waals surface area contributed by atoms with Crippen LogP contribution in [0.4, 0.5) is 10.8 Å². The van der Waals surface area contributed by atoms with Crippen LogP contribution in [-0.4, -0.2) is 10.9 Å². The summed E-state index contributed by atoms with van der Waals surface area (Å²) in [7, 11) is 0. The molecule has 3 rings (SSSR count). The van der Waals surface area contributed by atoms with Crippen LogP contribution in [-0.2, 0) is 4.79 Å². The van der Waals surface area contributed by atoms with Crippen LogP contribution in [0, 0.1) is 12.8 Å². The summed E-state index contributed by atoms with van der Waals surface area (Å²) in [6.07, 6.45) is 4.34. The van der Waals surface area contributed by atoms with Crippen molar-refractivity contribution in [3.8, 4) is 0 Å². The minimum atomic E-state index is 0.152. The zero-order chi connectivity index (χ0) is 13.9. The molecule has 0 atom stereocenters. The van der Waals surface area contributed by atoms with Gasteiger partial charge in [-0.15, -0.1) is 11.3 Å². The first-order valence-electron chi connectivity index (χ1n) is 7.07. The van der Waals surface area contributed by atoms with Crippen molar-refractivity contribution >= 4 is 28.1 Å². The molecule has 2 aromatic rings. The standard InChI is InChI=1S/C16H18N2OS/c1-12-11-20-16(17-12)18(14-9-3-2-4-10-14)15(19)13-7-5-6-8-13/h2-4,9-11,13H,5-8H2,1H3. The number of aromatic nitrogens is 1. The highest BCUT2D eigenvalue weighted by Crippen LogP contribution is 2.34. The Morgan fingerprint density at radius 1 is 1.25 bits per heavy atom. The number of benzene rings is 1. The second-order valence-electron chi connectivity index (χ2n) is 5.26. The number of nitrogens with zero attached hydrogens (tertiary/aromatic N) is 2. The molecule has 1 amide bonds. The Labute approximate surface area is 123 Å². The molecule has 0 spiro atoms. The molecule has 3 nitrogen and oxygen atoms in total. The first-order chi connectivity index (χ1) is 9.75. The highest BCUT2D eigenvalue weighted by atomic mass is 32.1. The van der Waals surface area contributed by atoms with E-state index in [0.717, 1.165) is 42.2 Å². The number of anilines is 2. The fourth-order valence-electron chi connectivity index (χ4n) is 2.71. The zero-order valence-electron chi connectivity index (χ0n) is 11.6. The van der Waals surface area contributed by atoms with Crippen molar-refractivity contribution in [2.75, 3.05) is 4.90 Å². The van der Waals surface area contributed by atoms with Crippen molar-refractivity contribution in [3.05, 3.63) is 41.4 Å². The normalized spacial score (nSPS) is 15.4. The van der Waals surface area contributed by atoms with E-state index in [9.17, 15) is 4.79 Å². The molecule has 0 bridgehead atoms. The molecule has 1 aromatic heterocycles. The van der Waals surface area contributed by atoms with E-state index in [1.54, 1.807) is 4.90 Å². The summed E-state index contributed by atoms with van der Waals surface area (Å²) in [5.41, 5.74) is 1.88. The van der Waals surface area contributed by atoms with Gasteiger partial charge in [-0.25, -0.2) is 4.98 Å². The van der Waals surface area contributed by atoms with E-state index in [4.69, 9.17) is 0 Å². The molecule has 20 heavy (non-hydrogen) atoms. The Bertz CT molecular complexity index is 588. The van der Waals surface area contributed by atoms with Crippen LogP contribution in [0.15, 0.2) is 35.7 Å².